The topological polar surface area (TPSA) is 82.9 Å². The second-order valence-electron chi connectivity index (χ2n) is 4.10. The lowest BCUT2D eigenvalue weighted by molar-refractivity contribution is -0.136. The number of carbonyl (C=O) groups is 1. The molecule has 1 heterocycles. The van der Waals surface area contributed by atoms with E-state index in [-0.39, 0.29) is 12.5 Å². The predicted molar refractivity (Wildman–Crippen MR) is 62.3 cm³/mol. The molecule has 1 saturated heterocycles. The molecule has 0 amide bonds. The lowest BCUT2D eigenvalue weighted by atomic mass is 10.1. The molecule has 0 spiro atoms. The van der Waals surface area contributed by atoms with Gasteiger partial charge in [0.05, 0.1) is 12.2 Å². The number of nitrogens with zero attached hydrogens (tertiary/aromatic N) is 1. The van der Waals surface area contributed by atoms with Gasteiger partial charge in [0.1, 0.15) is 24.5 Å². The van der Waals surface area contributed by atoms with Gasteiger partial charge in [0.25, 0.3) is 0 Å². The van der Waals surface area contributed by atoms with Gasteiger partial charge in [-0.05, 0) is 24.1 Å². The molecule has 94 valence electrons. The van der Waals surface area contributed by atoms with Crippen molar-refractivity contribution in [1.29, 1.82) is 5.26 Å². The molecule has 0 radical (unpaired) electrons. The first-order chi connectivity index (χ1) is 8.69. The van der Waals surface area contributed by atoms with Crippen LogP contribution in [-0.4, -0.2) is 30.4 Å². The minimum Gasteiger partial charge on any atom is -0.489 e. The Balaban J connectivity index is 2.05. The van der Waals surface area contributed by atoms with Crippen molar-refractivity contribution >= 4 is 5.97 Å². The molecule has 2 rings (SSSR count). The van der Waals surface area contributed by atoms with E-state index in [2.05, 4.69) is 0 Å². The van der Waals surface area contributed by atoms with Crippen LogP contribution in [-0.2, 0) is 16.0 Å². The van der Waals surface area contributed by atoms with Crippen LogP contribution in [0.25, 0.3) is 0 Å². The summed E-state index contributed by atoms with van der Waals surface area (Å²) in [5.74, 6) is -0.343. The summed E-state index contributed by atoms with van der Waals surface area (Å²) in [5.41, 5.74) is 1.30. The highest BCUT2D eigenvalue weighted by Gasteiger charge is 2.23. The van der Waals surface area contributed by atoms with Gasteiger partial charge >= 0.3 is 5.97 Å². The Bertz CT molecular complexity index is 488. The number of hydrogen-bond acceptors (Lipinski definition) is 4. The molecule has 1 aliphatic heterocycles. The molecule has 1 aromatic carbocycles. The third-order valence-corrected chi connectivity index (χ3v) is 2.62. The van der Waals surface area contributed by atoms with Crippen LogP contribution in [0.5, 0.6) is 5.75 Å². The van der Waals surface area contributed by atoms with Gasteiger partial charge in [-0.1, -0.05) is 6.07 Å². The summed E-state index contributed by atoms with van der Waals surface area (Å²) in [4.78, 5) is 10.5. The average Bonchev–Trinajstić information content (AvgIpc) is 3.18. The first-order valence-corrected chi connectivity index (χ1v) is 5.68. The molecular formula is C13H13NO4. The van der Waals surface area contributed by atoms with Crippen LogP contribution < -0.4 is 4.74 Å². The number of benzene rings is 1. The van der Waals surface area contributed by atoms with Crippen molar-refractivity contribution in [2.75, 3.05) is 13.2 Å². The normalized spacial score (nSPS) is 16.9. The van der Waals surface area contributed by atoms with Gasteiger partial charge in [0.2, 0.25) is 0 Å². The highest BCUT2D eigenvalue weighted by atomic mass is 16.6. The van der Waals surface area contributed by atoms with Crippen LogP contribution in [0.3, 0.4) is 0 Å². The van der Waals surface area contributed by atoms with Crippen molar-refractivity contribution in [3.05, 3.63) is 29.3 Å². The van der Waals surface area contributed by atoms with Crippen molar-refractivity contribution in [3.63, 3.8) is 0 Å². The van der Waals surface area contributed by atoms with E-state index in [1.807, 2.05) is 6.07 Å². The van der Waals surface area contributed by atoms with Gasteiger partial charge in [-0.25, -0.2) is 0 Å². The quantitative estimate of drug-likeness (QED) is 0.767. The molecule has 5 nitrogen and oxygen atoms in total. The monoisotopic (exact) mass is 247 g/mol. The summed E-state index contributed by atoms with van der Waals surface area (Å²) in [5, 5.41) is 17.6. The summed E-state index contributed by atoms with van der Waals surface area (Å²) < 4.78 is 10.5. The fourth-order valence-electron chi connectivity index (χ4n) is 1.53. The minimum atomic E-state index is -0.840. The van der Waals surface area contributed by atoms with Crippen molar-refractivity contribution in [3.8, 4) is 11.8 Å². The second-order valence-corrected chi connectivity index (χ2v) is 4.10. The first-order valence-electron chi connectivity index (χ1n) is 5.68. The Kier molecular flexibility index (Phi) is 3.80. The van der Waals surface area contributed by atoms with Gasteiger partial charge in [-0.2, -0.15) is 5.26 Å². The Morgan fingerprint density at radius 3 is 3.00 bits per heavy atom. The van der Waals surface area contributed by atoms with Crippen LogP contribution >= 0.6 is 0 Å². The third-order valence-electron chi connectivity index (χ3n) is 2.62. The number of epoxide rings is 1. The molecule has 1 aromatic rings. The molecule has 1 unspecified atom stereocenters. The molecule has 5 heteroatoms. The van der Waals surface area contributed by atoms with Gasteiger partial charge in [0.15, 0.2) is 0 Å². The van der Waals surface area contributed by atoms with Crippen molar-refractivity contribution in [2.24, 2.45) is 0 Å². The summed E-state index contributed by atoms with van der Waals surface area (Å²) in [6.07, 6.45) is 0.619. The summed E-state index contributed by atoms with van der Waals surface area (Å²) in [6.45, 7) is 1.12. The molecule has 0 bridgehead atoms. The molecule has 1 fully saturated rings. The molecule has 0 aliphatic carbocycles. The van der Waals surface area contributed by atoms with Gasteiger partial charge in [0, 0.05) is 6.42 Å². The number of aliphatic carboxylic acids is 1. The molecule has 1 aliphatic rings. The van der Waals surface area contributed by atoms with Crippen molar-refractivity contribution in [1.82, 2.24) is 0 Å². The van der Waals surface area contributed by atoms with Crippen LogP contribution in [0.1, 0.15) is 17.5 Å². The van der Waals surface area contributed by atoms with Gasteiger partial charge < -0.3 is 14.6 Å². The summed E-state index contributed by atoms with van der Waals surface area (Å²) in [6, 6.07) is 7.18. The molecular weight excluding hydrogens is 234 g/mol. The number of aryl methyl sites for hydroxylation is 1. The zero-order valence-corrected chi connectivity index (χ0v) is 9.76. The third kappa shape index (κ3) is 3.47. The van der Waals surface area contributed by atoms with Crippen LogP contribution in [0.2, 0.25) is 0 Å². The highest BCUT2D eigenvalue weighted by Crippen LogP contribution is 2.22. The minimum absolute atomic E-state index is 0.0665. The zero-order valence-electron chi connectivity index (χ0n) is 9.76. The number of carboxylic acid groups (broad SMARTS) is 1. The smallest absolute Gasteiger partial charge is 0.303 e. The standard InChI is InChI=1S/C13H13NO4/c14-6-10-3-1-9(2-4-13(15)16)5-12(10)18-8-11-7-17-11/h1,3,5,11H,2,4,7-8H2,(H,15,16). The molecule has 0 aromatic heterocycles. The molecule has 0 saturated carbocycles. The van der Waals surface area contributed by atoms with Crippen LogP contribution in [0.15, 0.2) is 18.2 Å². The summed E-state index contributed by atoms with van der Waals surface area (Å²) >= 11 is 0. The van der Waals surface area contributed by atoms with Crippen molar-refractivity contribution < 1.29 is 19.4 Å². The Hall–Kier alpha value is -2.06. The fraction of sp³-hybridized carbons (Fsp3) is 0.385. The molecule has 1 atom stereocenters. The number of ether oxygens (including phenoxy) is 2. The average molecular weight is 247 g/mol. The molecule has 1 N–H and O–H groups in total. The SMILES string of the molecule is N#Cc1ccc(CCC(=O)O)cc1OCC1CO1. The fourth-order valence-corrected chi connectivity index (χ4v) is 1.53. The molecule has 18 heavy (non-hydrogen) atoms. The Morgan fingerprint density at radius 2 is 2.39 bits per heavy atom. The van der Waals surface area contributed by atoms with Crippen LogP contribution in [0, 0.1) is 11.3 Å². The van der Waals surface area contributed by atoms with E-state index < -0.39 is 5.97 Å². The predicted octanol–water partition coefficient (Wildman–Crippen LogP) is 1.35. The maximum atomic E-state index is 10.5. The van der Waals surface area contributed by atoms with Crippen LogP contribution in [0.4, 0.5) is 0 Å². The maximum Gasteiger partial charge on any atom is 0.303 e. The van der Waals surface area contributed by atoms with E-state index >= 15 is 0 Å². The first kappa shape index (κ1) is 12.4. The van der Waals surface area contributed by atoms with E-state index in [0.29, 0.717) is 30.9 Å². The number of nitriles is 1. The van der Waals surface area contributed by atoms with Crippen molar-refractivity contribution in [2.45, 2.75) is 18.9 Å². The van der Waals surface area contributed by atoms with E-state index in [1.54, 1.807) is 18.2 Å². The maximum absolute atomic E-state index is 10.5. The Labute approximate surface area is 105 Å². The number of rotatable bonds is 6. The Morgan fingerprint density at radius 1 is 1.61 bits per heavy atom. The lowest BCUT2D eigenvalue weighted by Crippen LogP contribution is -2.06. The van der Waals surface area contributed by atoms with E-state index in [0.717, 1.165) is 5.56 Å². The lowest BCUT2D eigenvalue weighted by Gasteiger charge is -2.08. The van der Waals surface area contributed by atoms with Gasteiger partial charge in [-0.3, -0.25) is 4.79 Å². The number of carboxylic acids is 1. The summed E-state index contributed by atoms with van der Waals surface area (Å²) in [7, 11) is 0. The van der Waals surface area contributed by atoms with Gasteiger partial charge in [-0.15, -0.1) is 0 Å². The highest BCUT2D eigenvalue weighted by molar-refractivity contribution is 5.67. The number of hydrogen-bond donors (Lipinski definition) is 1. The van der Waals surface area contributed by atoms with E-state index in [4.69, 9.17) is 19.8 Å². The largest absolute Gasteiger partial charge is 0.489 e. The zero-order chi connectivity index (χ0) is 13.0. The second kappa shape index (κ2) is 5.52. The van der Waals surface area contributed by atoms with E-state index in [9.17, 15) is 4.79 Å². The van der Waals surface area contributed by atoms with E-state index in [1.165, 1.54) is 0 Å².